The molecule has 1 aromatic heterocycles. The maximum Gasteiger partial charge on any atom is 0.194 e. The van der Waals surface area contributed by atoms with Gasteiger partial charge in [-0.2, -0.15) is 0 Å². The molecular formula is C18H27IN4O. The molecule has 0 aliphatic heterocycles. The zero-order valence-corrected chi connectivity index (χ0v) is 17.4. The summed E-state index contributed by atoms with van der Waals surface area (Å²) in [6, 6.07) is 10.5. The summed E-state index contributed by atoms with van der Waals surface area (Å²) >= 11 is 0. The van der Waals surface area contributed by atoms with Gasteiger partial charge in [0, 0.05) is 26.7 Å². The third-order valence-electron chi connectivity index (χ3n) is 3.70. The third kappa shape index (κ3) is 5.81. The molecule has 24 heavy (non-hydrogen) atoms. The fourth-order valence-electron chi connectivity index (χ4n) is 2.28. The topological polar surface area (TPSA) is 53.7 Å². The van der Waals surface area contributed by atoms with E-state index in [0.29, 0.717) is 12.5 Å². The van der Waals surface area contributed by atoms with Crippen molar-refractivity contribution in [1.82, 2.24) is 15.4 Å². The summed E-state index contributed by atoms with van der Waals surface area (Å²) in [6.07, 6.45) is 0. The molecule has 2 rings (SSSR count). The van der Waals surface area contributed by atoms with Gasteiger partial charge in [0.25, 0.3) is 0 Å². The van der Waals surface area contributed by atoms with E-state index >= 15 is 0 Å². The van der Waals surface area contributed by atoms with Crippen LogP contribution in [0.25, 0.3) is 0 Å². The number of nitrogens with zero attached hydrogens (tertiary/aromatic N) is 3. The Hall–Kier alpha value is -1.57. The first-order chi connectivity index (χ1) is 11.0. The van der Waals surface area contributed by atoms with Crippen molar-refractivity contribution < 1.29 is 4.52 Å². The van der Waals surface area contributed by atoms with Gasteiger partial charge in [-0.15, -0.1) is 24.0 Å². The number of nitrogens with one attached hydrogen (secondary N) is 1. The lowest BCUT2D eigenvalue weighted by molar-refractivity contribution is 0.369. The van der Waals surface area contributed by atoms with E-state index in [9.17, 15) is 0 Å². The largest absolute Gasteiger partial charge is 0.359 e. The van der Waals surface area contributed by atoms with E-state index in [4.69, 9.17) is 4.52 Å². The molecule has 0 saturated heterocycles. The molecule has 1 aromatic carbocycles. The lowest BCUT2D eigenvalue weighted by Gasteiger charge is -2.21. The summed E-state index contributed by atoms with van der Waals surface area (Å²) in [6.45, 7) is 7.67. The number of aryl methyl sites for hydroxylation is 1. The Morgan fingerprint density at radius 2 is 1.96 bits per heavy atom. The first-order valence-electron chi connectivity index (χ1n) is 7.92. The average molecular weight is 442 g/mol. The highest BCUT2D eigenvalue weighted by Crippen LogP contribution is 2.14. The van der Waals surface area contributed by atoms with E-state index in [1.54, 1.807) is 7.05 Å². The zero-order chi connectivity index (χ0) is 16.8. The normalized spacial score (nSPS) is 11.3. The van der Waals surface area contributed by atoms with Crippen LogP contribution < -0.4 is 5.32 Å². The van der Waals surface area contributed by atoms with E-state index in [1.807, 2.05) is 13.1 Å². The monoisotopic (exact) mass is 442 g/mol. The fraction of sp³-hybridized carbons (Fsp3) is 0.444. The van der Waals surface area contributed by atoms with E-state index < -0.39 is 0 Å². The molecule has 0 radical (unpaired) electrons. The van der Waals surface area contributed by atoms with Crippen molar-refractivity contribution in [2.24, 2.45) is 4.99 Å². The van der Waals surface area contributed by atoms with Crippen LogP contribution in [0.3, 0.4) is 0 Å². The van der Waals surface area contributed by atoms with Crippen LogP contribution in [0.5, 0.6) is 0 Å². The van der Waals surface area contributed by atoms with Gasteiger partial charge in [-0.05, 0) is 18.4 Å². The molecule has 1 heterocycles. The molecular weight excluding hydrogens is 415 g/mol. The standard InChI is InChI=1S/C18H26N4O.HI/c1-13(2)17-10-16(23-21-17)11-20-18(19-4)22(5)12-15-8-6-14(3)7-9-15;/h6-10,13H,11-12H2,1-5H3,(H,19,20);1H. The molecule has 1 N–H and O–H groups in total. The summed E-state index contributed by atoms with van der Waals surface area (Å²) in [7, 11) is 3.81. The van der Waals surface area contributed by atoms with Crippen LogP contribution in [-0.4, -0.2) is 30.1 Å². The summed E-state index contributed by atoms with van der Waals surface area (Å²) in [5.41, 5.74) is 3.50. The number of hydrogen-bond donors (Lipinski definition) is 1. The Morgan fingerprint density at radius 3 is 2.50 bits per heavy atom. The maximum absolute atomic E-state index is 5.35. The van der Waals surface area contributed by atoms with E-state index in [0.717, 1.165) is 24.0 Å². The molecule has 0 saturated carbocycles. The second kappa shape index (κ2) is 9.66. The van der Waals surface area contributed by atoms with E-state index in [1.165, 1.54) is 11.1 Å². The van der Waals surface area contributed by atoms with Crippen molar-refractivity contribution in [2.45, 2.75) is 39.8 Å². The molecule has 0 atom stereocenters. The molecule has 0 amide bonds. The minimum Gasteiger partial charge on any atom is -0.359 e. The van der Waals surface area contributed by atoms with Gasteiger partial charge >= 0.3 is 0 Å². The van der Waals surface area contributed by atoms with Crippen LogP contribution in [0.2, 0.25) is 0 Å². The minimum absolute atomic E-state index is 0. The van der Waals surface area contributed by atoms with Crippen LogP contribution in [0.1, 0.15) is 42.3 Å². The van der Waals surface area contributed by atoms with Crippen LogP contribution in [0.15, 0.2) is 39.8 Å². The lowest BCUT2D eigenvalue weighted by Crippen LogP contribution is -2.37. The Labute approximate surface area is 161 Å². The van der Waals surface area contributed by atoms with Gasteiger partial charge in [0.1, 0.15) is 0 Å². The predicted octanol–water partition coefficient (Wildman–Crippen LogP) is 3.93. The van der Waals surface area contributed by atoms with Gasteiger partial charge in [-0.1, -0.05) is 48.8 Å². The highest BCUT2D eigenvalue weighted by Gasteiger charge is 2.10. The maximum atomic E-state index is 5.35. The first kappa shape index (κ1) is 20.5. The summed E-state index contributed by atoms with van der Waals surface area (Å²) < 4.78 is 5.35. The SMILES string of the molecule is CN=C(NCc1cc(C(C)C)no1)N(C)Cc1ccc(C)cc1.I. The van der Waals surface area contributed by atoms with Gasteiger partial charge in [0.05, 0.1) is 12.2 Å². The Balaban J connectivity index is 0.00000288. The summed E-state index contributed by atoms with van der Waals surface area (Å²) in [4.78, 5) is 6.42. The van der Waals surface area contributed by atoms with Crippen LogP contribution >= 0.6 is 24.0 Å². The molecule has 6 heteroatoms. The van der Waals surface area contributed by atoms with Crippen LogP contribution in [0.4, 0.5) is 0 Å². The second-order valence-electron chi connectivity index (χ2n) is 6.12. The van der Waals surface area contributed by atoms with Gasteiger partial charge in [-0.25, -0.2) is 0 Å². The number of hydrogen-bond acceptors (Lipinski definition) is 3. The average Bonchev–Trinajstić information content (AvgIpc) is 2.99. The first-order valence-corrected chi connectivity index (χ1v) is 7.92. The Bertz CT molecular complexity index is 649. The molecule has 0 aliphatic carbocycles. The predicted molar refractivity (Wildman–Crippen MR) is 109 cm³/mol. The van der Waals surface area contributed by atoms with Crippen LogP contribution in [0, 0.1) is 6.92 Å². The quantitative estimate of drug-likeness (QED) is 0.433. The zero-order valence-electron chi connectivity index (χ0n) is 15.0. The minimum atomic E-state index is 0. The molecule has 132 valence electrons. The van der Waals surface area contributed by atoms with Crippen molar-refractivity contribution in [3.05, 3.63) is 52.9 Å². The summed E-state index contributed by atoms with van der Waals surface area (Å²) in [5, 5.41) is 7.38. The smallest absolute Gasteiger partial charge is 0.194 e. The van der Waals surface area contributed by atoms with Gasteiger partial charge in [0.15, 0.2) is 11.7 Å². The molecule has 2 aromatic rings. The van der Waals surface area contributed by atoms with E-state index in [2.05, 4.69) is 65.4 Å². The van der Waals surface area contributed by atoms with Crippen molar-refractivity contribution in [2.75, 3.05) is 14.1 Å². The molecule has 5 nitrogen and oxygen atoms in total. The molecule has 0 fully saturated rings. The van der Waals surface area contributed by atoms with Crippen molar-refractivity contribution >= 4 is 29.9 Å². The van der Waals surface area contributed by atoms with Crippen molar-refractivity contribution in [3.63, 3.8) is 0 Å². The van der Waals surface area contributed by atoms with Crippen LogP contribution in [-0.2, 0) is 13.1 Å². The molecule has 0 spiro atoms. The number of guanidine groups is 1. The van der Waals surface area contributed by atoms with Gasteiger partial charge in [0.2, 0.25) is 0 Å². The number of benzene rings is 1. The summed E-state index contributed by atoms with van der Waals surface area (Å²) in [5.74, 6) is 2.02. The number of aromatic nitrogens is 1. The fourth-order valence-corrected chi connectivity index (χ4v) is 2.28. The molecule has 0 unspecified atom stereocenters. The number of rotatable bonds is 5. The van der Waals surface area contributed by atoms with Crippen molar-refractivity contribution in [1.29, 1.82) is 0 Å². The molecule has 0 bridgehead atoms. The van der Waals surface area contributed by atoms with E-state index in [-0.39, 0.29) is 24.0 Å². The lowest BCUT2D eigenvalue weighted by atomic mass is 10.1. The Morgan fingerprint density at radius 1 is 1.29 bits per heavy atom. The number of halogens is 1. The highest BCUT2D eigenvalue weighted by molar-refractivity contribution is 14.0. The molecule has 0 aliphatic rings. The number of aliphatic imine (C=N–C) groups is 1. The third-order valence-corrected chi connectivity index (χ3v) is 3.70. The second-order valence-corrected chi connectivity index (χ2v) is 6.12. The van der Waals surface area contributed by atoms with Gasteiger partial charge < -0.3 is 14.7 Å². The van der Waals surface area contributed by atoms with Gasteiger partial charge in [-0.3, -0.25) is 4.99 Å². The Kier molecular flexibility index (Phi) is 8.24. The van der Waals surface area contributed by atoms with Crippen molar-refractivity contribution in [3.8, 4) is 0 Å². The highest BCUT2D eigenvalue weighted by atomic mass is 127.